The van der Waals surface area contributed by atoms with Gasteiger partial charge in [-0.15, -0.1) is 12.4 Å². The van der Waals surface area contributed by atoms with Gasteiger partial charge >= 0.3 is 6.09 Å². The molecule has 0 saturated carbocycles. The van der Waals surface area contributed by atoms with E-state index in [1.54, 1.807) is 4.90 Å². The van der Waals surface area contributed by atoms with E-state index >= 15 is 0 Å². The molecule has 3 fully saturated rings. The minimum absolute atomic E-state index is 0. The van der Waals surface area contributed by atoms with Crippen LogP contribution < -0.4 is 5.32 Å². The maximum Gasteiger partial charge on any atom is 0.410 e. The summed E-state index contributed by atoms with van der Waals surface area (Å²) in [6.07, 6.45) is -0.411. The Hall–Kier alpha value is -1.05. The molecule has 20 heavy (non-hydrogen) atoms. The summed E-state index contributed by atoms with van der Waals surface area (Å²) in [7, 11) is 0. The van der Waals surface area contributed by atoms with E-state index in [4.69, 9.17) is 4.74 Å². The summed E-state index contributed by atoms with van der Waals surface area (Å²) in [5.41, 5.74) is -0.193. The van der Waals surface area contributed by atoms with E-state index in [2.05, 4.69) is 5.32 Å². The number of nitrogens with one attached hydrogen (secondary N) is 1. The van der Waals surface area contributed by atoms with Crippen LogP contribution >= 0.6 is 12.4 Å². The van der Waals surface area contributed by atoms with Crippen LogP contribution in [0, 0.1) is 11.3 Å². The highest BCUT2D eigenvalue weighted by Gasteiger charge is 2.50. The van der Waals surface area contributed by atoms with Crippen LogP contribution in [0.25, 0.3) is 0 Å². The second-order valence-electron chi connectivity index (χ2n) is 5.66. The third kappa shape index (κ3) is 2.45. The first kappa shape index (κ1) is 15.3. The molecule has 0 radical (unpaired) electrons. The van der Waals surface area contributed by atoms with Crippen molar-refractivity contribution in [3.8, 4) is 0 Å². The van der Waals surface area contributed by atoms with Crippen molar-refractivity contribution in [2.45, 2.75) is 0 Å². The highest BCUT2D eigenvalue weighted by molar-refractivity contribution is 5.85. The third-order valence-corrected chi connectivity index (χ3v) is 4.52. The van der Waals surface area contributed by atoms with Gasteiger partial charge in [-0.25, -0.2) is 4.79 Å². The zero-order valence-electron chi connectivity index (χ0n) is 11.2. The molecule has 3 saturated heterocycles. The fraction of sp³-hybridized carbons (Fsp3) is 0.833. The molecule has 0 aromatic rings. The number of amides is 2. The Morgan fingerprint density at radius 3 is 2.95 bits per heavy atom. The number of hydrogen-bond donors (Lipinski definition) is 2. The number of carbonyl (C=O) groups is 2. The number of carbonyl (C=O) groups excluding carboxylic acids is 2. The van der Waals surface area contributed by atoms with E-state index in [1.807, 2.05) is 0 Å². The van der Waals surface area contributed by atoms with Crippen LogP contribution in [-0.2, 0) is 9.53 Å². The fourth-order valence-corrected chi connectivity index (χ4v) is 3.27. The lowest BCUT2D eigenvalue weighted by molar-refractivity contribution is -0.131. The molecule has 3 aliphatic rings. The molecule has 0 aliphatic carbocycles. The predicted molar refractivity (Wildman–Crippen MR) is 72.6 cm³/mol. The van der Waals surface area contributed by atoms with Gasteiger partial charge in [0.25, 0.3) is 0 Å². The molecule has 0 bridgehead atoms. The monoisotopic (exact) mass is 305 g/mol. The molecule has 2 unspecified atom stereocenters. The van der Waals surface area contributed by atoms with Crippen molar-refractivity contribution < 1.29 is 19.4 Å². The summed E-state index contributed by atoms with van der Waals surface area (Å²) in [5, 5.41) is 12.9. The van der Waals surface area contributed by atoms with Crippen LogP contribution in [0.3, 0.4) is 0 Å². The maximum atomic E-state index is 12.2. The molecule has 7 nitrogen and oxygen atoms in total. The number of hydrogen-bond acceptors (Lipinski definition) is 5. The van der Waals surface area contributed by atoms with Crippen molar-refractivity contribution in [3.05, 3.63) is 0 Å². The fourth-order valence-electron chi connectivity index (χ4n) is 3.27. The molecule has 0 aromatic heterocycles. The van der Waals surface area contributed by atoms with Crippen molar-refractivity contribution in [1.82, 2.24) is 15.1 Å². The zero-order valence-corrected chi connectivity index (χ0v) is 12.0. The number of ether oxygens (including phenoxy) is 1. The molecule has 0 spiro atoms. The second-order valence-corrected chi connectivity index (χ2v) is 5.66. The first-order chi connectivity index (χ1) is 9.14. The van der Waals surface area contributed by atoms with Crippen molar-refractivity contribution in [2.75, 3.05) is 52.5 Å². The van der Waals surface area contributed by atoms with Gasteiger partial charge in [-0.2, -0.15) is 0 Å². The number of aliphatic hydroxyl groups excluding tert-OH is 1. The molecule has 3 aliphatic heterocycles. The van der Waals surface area contributed by atoms with Gasteiger partial charge in [-0.1, -0.05) is 0 Å². The molecule has 2 amide bonds. The Bertz CT molecular complexity index is 408. The number of fused-ring (bicyclic) bond motifs is 1. The van der Waals surface area contributed by atoms with Gasteiger partial charge in [0.1, 0.15) is 13.2 Å². The Morgan fingerprint density at radius 2 is 2.35 bits per heavy atom. The Kier molecular flexibility index (Phi) is 4.41. The van der Waals surface area contributed by atoms with E-state index in [0.717, 1.165) is 13.1 Å². The standard InChI is InChI=1S/C12H19N3O4.ClH/c16-8-12-6-13-3-9(12)4-15(7-12)10(17)5-14-1-2-19-11(14)18;/h9,13,16H,1-8H2;1H. The smallest absolute Gasteiger partial charge is 0.410 e. The lowest BCUT2D eigenvalue weighted by atomic mass is 9.82. The SMILES string of the molecule is Cl.O=C(CN1CCOC1=O)N1CC2CNCC2(CO)C1. The summed E-state index contributed by atoms with van der Waals surface area (Å²) in [5.74, 6) is 0.257. The third-order valence-electron chi connectivity index (χ3n) is 4.52. The molecule has 2 atom stereocenters. The Morgan fingerprint density at radius 1 is 1.55 bits per heavy atom. The average molecular weight is 306 g/mol. The molecule has 2 N–H and O–H groups in total. The van der Waals surface area contributed by atoms with Gasteiger partial charge in [0, 0.05) is 31.6 Å². The van der Waals surface area contributed by atoms with E-state index in [1.165, 1.54) is 4.90 Å². The number of rotatable bonds is 3. The van der Waals surface area contributed by atoms with Gasteiger partial charge in [0.15, 0.2) is 0 Å². The molecule has 3 heterocycles. The number of cyclic esters (lactones) is 1. The number of aliphatic hydroxyl groups is 1. The summed E-state index contributed by atoms with van der Waals surface area (Å²) in [6, 6.07) is 0. The maximum absolute atomic E-state index is 12.2. The van der Waals surface area contributed by atoms with Gasteiger partial charge in [0.2, 0.25) is 5.91 Å². The normalized spacial score (nSPS) is 32.0. The Labute approximate surface area is 123 Å². The lowest BCUT2D eigenvalue weighted by Gasteiger charge is -2.25. The quantitative estimate of drug-likeness (QED) is 0.692. The molecule has 0 aromatic carbocycles. The summed E-state index contributed by atoms with van der Waals surface area (Å²) < 4.78 is 4.81. The van der Waals surface area contributed by atoms with Crippen LogP contribution in [0.1, 0.15) is 0 Å². The van der Waals surface area contributed by atoms with Crippen LogP contribution in [0.2, 0.25) is 0 Å². The van der Waals surface area contributed by atoms with Gasteiger partial charge < -0.3 is 20.1 Å². The van der Waals surface area contributed by atoms with Crippen molar-refractivity contribution in [3.63, 3.8) is 0 Å². The Balaban J connectivity index is 0.00000147. The average Bonchev–Trinajstić information content (AvgIpc) is 3.03. The van der Waals surface area contributed by atoms with Crippen LogP contribution in [0.4, 0.5) is 4.79 Å². The van der Waals surface area contributed by atoms with Gasteiger partial charge in [-0.05, 0) is 5.92 Å². The van der Waals surface area contributed by atoms with Crippen molar-refractivity contribution in [2.24, 2.45) is 11.3 Å². The number of likely N-dealkylation sites (tertiary alicyclic amines) is 1. The van der Waals surface area contributed by atoms with Crippen LogP contribution in [-0.4, -0.2) is 79.4 Å². The first-order valence-electron chi connectivity index (χ1n) is 6.66. The van der Waals surface area contributed by atoms with Crippen LogP contribution in [0.15, 0.2) is 0 Å². The topological polar surface area (TPSA) is 82.1 Å². The predicted octanol–water partition coefficient (Wildman–Crippen LogP) is -1.10. The van der Waals surface area contributed by atoms with E-state index in [0.29, 0.717) is 32.2 Å². The van der Waals surface area contributed by atoms with E-state index in [9.17, 15) is 14.7 Å². The minimum Gasteiger partial charge on any atom is -0.448 e. The summed E-state index contributed by atoms with van der Waals surface area (Å²) >= 11 is 0. The highest BCUT2D eigenvalue weighted by Crippen LogP contribution is 2.38. The molecule has 8 heteroatoms. The zero-order chi connectivity index (χ0) is 13.5. The number of halogens is 1. The highest BCUT2D eigenvalue weighted by atomic mass is 35.5. The minimum atomic E-state index is -0.411. The molecular formula is C12H20ClN3O4. The lowest BCUT2D eigenvalue weighted by Crippen LogP contribution is -2.42. The summed E-state index contributed by atoms with van der Waals surface area (Å²) in [4.78, 5) is 26.7. The second kappa shape index (κ2) is 5.75. The van der Waals surface area contributed by atoms with E-state index in [-0.39, 0.29) is 36.9 Å². The molecular weight excluding hydrogens is 286 g/mol. The van der Waals surface area contributed by atoms with E-state index < -0.39 is 6.09 Å². The van der Waals surface area contributed by atoms with Crippen LogP contribution in [0.5, 0.6) is 0 Å². The number of nitrogens with zero attached hydrogens (tertiary/aromatic N) is 2. The molecule has 114 valence electrons. The van der Waals surface area contributed by atoms with Crippen molar-refractivity contribution >= 4 is 24.4 Å². The van der Waals surface area contributed by atoms with Crippen molar-refractivity contribution in [1.29, 1.82) is 0 Å². The summed E-state index contributed by atoms with van der Waals surface area (Å²) in [6.45, 7) is 3.85. The first-order valence-corrected chi connectivity index (χ1v) is 6.66. The molecule has 3 rings (SSSR count). The largest absolute Gasteiger partial charge is 0.448 e. The van der Waals surface area contributed by atoms with Gasteiger partial charge in [0.05, 0.1) is 13.2 Å². The van der Waals surface area contributed by atoms with Gasteiger partial charge in [-0.3, -0.25) is 9.69 Å².